The highest BCUT2D eigenvalue weighted by molar-refractivity contribution is 7.19. The molecule has 180 valence electrons. The largest absolute Gasteiger partial charge is 0.134 e. The topological polar surface area (TPSA) is 0 Å². The number of fused-ring (bicyclic) bond motifs is 1. The molecule has 1 aliphatic rings. The fourth-order valence-corrected chi connectivity index (χ4v) is 6.89. The third-order valence-corrected chi connectivity index (χ3v) is 8.49. The average Bonchev–Trinajstić information content (AvgIpc) is 3.32. The van der Waals surface area contributed by atoms with Crippen LogP contribution in [0.1, 0.15) is 43.9 Å². The van der Waals surface area contributed by atoms with Crippen molar-refractivity contribution in [2.24, 2.45) is 0 Å². The molecule has 0 fully saturated rings. The molecule has 0 N–H and O–H groups in total. The lowest BCUT2D eigenvalue weighted by Crippen LogP contribution is -2.13. The van der Waals surface area contributed by atoms with E-state index in [0.29, 0.717) is 0 Å². The van der Waals surface area contributed by atoms with Gasteiger partial charge in [-0.15, -0.1) is 11.3 Å². The third kappa shape index (κ3) is 4.33. The molecule has 0 radical (unpaired) electrons. The Bertz CT molecular complexity index is 1580. The Labute approximate surface area is 225 Å². The maximum Gasteiger partial charge on any atom is 0.0430 e. The van der Waals surface area contributed by atoms with Crippen molar-refractivity contribution in [2.75, 3.05) is 0 Å². The third-order valence-electron chi connectivity index (χ3n) is 7.19. The molecule has 1 heteroatoms. The number of thiophene rings is 1. The highest BCUT2D eigenvalue weighted by Crippen LogP contribution is 2.51. The number of allylic oxidation sites excluding steroid dienone is 1. The number of benzene rings is 3. The molecule has 1 heterocycles. The Morgan fingerprint density at radius 2 is 1.49 bits per heavy atom. The van der Waals surface area contributed by atoms with Crippen LogP contribution in [0.3, 0.4) is 0 Å². The minimum atomic E-state index is 0.00727. The van der Waals surface area contributed by atoms with Gasteiger partial charge in [0.15, 0.2) is 0 Å². The van der Waals surface area contributed by atoms with Gasteiger partial charge in [0.1, 0.15) is 0 Å². The first-order chi connectivity index (χ1) is 18.0. The summed E-state index contributed by atoms with van der Waals surface area (Å²) in [4.78, 5) is 2.76. The summed E-state index contributed by atoms with van der Waals surface area (Å²) in [7, 11) is 0. The fourth-order valence-electron chi connectivity index (χ4n) is 5.44. The van der Waals surface area contributed by atoms with Crippen molar-refractivity contribution in [1.29, 1.82) is 0 Å². The van der Waals surface area contributed by atoms with Gasteiger partial charge in [0.05, 0.1) is 0 Å². The minimum absolute atomic E-state index is 0.00727. The zero-order valence-corrected chi connectivity index (χ0v) is 22.5. The Hall–Kier alpha value is -3.86. The summed E-state index contributed by atoms with van der Waals surface area (Å²) in [5, 5.41) is 0. The summed E-state index contributed by atoms with van der Waals surface area (Å²) in [6, 6.07) is 39.1. The van der Waals surface area contributed by atoms with Gasteiger partial charge < -0.3 is 0 Å². The molecule has 0 spiro atoms. The summed E-state index contributed by atoms with van der Waals surface area (Å²) < 4.78 is 0. The first-order valence-electron chi connectivity index (χ1n) is 13.0. The molecule has 1 aliphatic carbocycles. The molecule has 5 aromatic rings. The van der Waals surface area contributed by atoms with Crippen molar-refractivity contribution in [2.45, 2.75) is 39.0 Å². The van der Waals surface area contributed by atoms with Gasteiger partial charge in [0.25, 0.3) is 0 Å². The van der Waals surface area contributed by atoms with Crippen LogP contribution in [0.2, 0.25) is 0 Å². The zero-order valence-electron chi connectivity index (χ0n) is 21.6. The smallest absolute Gasteiger partial charge is 0.0430 e. The molecular weight excluding hydrogens is 464 g/mol. The van der Waals surface area contributed by atoms with Crippen LogP contribution >= 0.6 is 11.3 Å². The van der Waals surface area contributed by atoms with E-state index in [4.69, 9.17) is 0 Å². The molecule has 0 bridgehead atoms. The molecule has 4 aromatic carbocycles. The van der Waals surface area contributed by atoms with Crippen LogP contribution < -0.4 is 0 Å². The lowest BCUT2D eigenvalue weighted by Gasteiger charge is -2.25. The van der Waals surface area contributed by atoms with E-state index in [9.17, 15) is 0 Å². The standard InChI is InChI=1S/C36H30S/c1-36(2,3)32-24-14-23-28(26-17-8-5-9-18-26)33(32)35-31-22-13-12-21-30(31)34(37-35)29-20-11-10-19-27(29)25-15-6-4-7-16-25/h4-8,10-12,14-17,19-21,23-24H,13,22H2,1-3H3. The highest BCUT2D eigenvalue weighted by atomic mass is 32.1. The van der Waals surface area contributed by atoms with Gasteiger partial charge in [0, 0.05) is 26.4 Å². The predicted octanol–water partition coefficient (Wildman–Crippen LogP) is 10.3. The molecular formula is C36H30S. The number of rotatable bonds is 4. The average molecular weight is 495 g/mol. The monoisotopic (exact) mass is 494 g/mol. The van der Waals surface area contributed by atoms with Crippen LogP contribution in [0.25, 0.3) is 49.2 Å². The second-order valence-corrected chi connectivity index (χ2v) is 11.7. The summed E-state index contributed by atoms with van der Waals surface area (Å²) in [5.74, 6) is 0. The lowest BCUT2D eigenvalue weighted by molar-refractivity contribution is 0.592. The van der Waals surface area contributed by atoms with E-state index in [1.54, 1.807) is 0 Å². The second-order valence-electron chi connectivity index (χ2n) is 10.7. The van der Waals surface area contributed by atoms with Gasteiger partial charge in [0.2, 0.25) is 0 Å². The molecule has 6 rings (SSSR count). The van der Waals surface area contributed by atoms with Gasteiger partial charge in [-0.3, -0.25) is 0 Å². The predicted molar refractivity (Wildman–Crippen MR) is 160 cm³/mol. The minimum Gasteiger partial charge on any atom is -0.134 e. The molecule has 37 heavy (non-hydrogen) atoms. The molecule has 0 amide bonds. The maximum atomic E-state index is 3.39. The number of hydrogen-bond donors (Lipinski definition) is 0. The SMILES string of the molecule is CC(C)(C)c1cccc(-c2c#cccc2)c1-c1sc(-c2ccccc2-c2ccccc2)c2c1CCC=C2. The van der Waals surface area contributed by atoms with E-state index in [-0.39, 0.29) is 5.41 Å². The van der Waals surface area contributed by atoms with Crippen LogP contribution in [-0.2, 0) is 11.8 Å². The Morgan fingerprint density at radius 1 is 0.730 bits per heavy atom. The normalized spacial score (nSPS) is 12.7. The second kappa shape index (κ2) is 9.55. The van der Waals surface area contributed by atoms with E-state index in [1.165, 1.54) is 54.3 Å². The van der Waals surface area contributed by atoms with Crippen LogP contribution in [0.5, 0.6) is 0 Å². The van der Waals surface area contributed by atoms with Crippen LogP contribution in [0, 0.1) is 12.1 Å². The molecule has 1 aromatic heterocycles. The van der Waals surface area contributed by atoms with E-state index < -0.39 is 0 Å². The van der Waals surface area contributed by atoms with Crippen molar-refractivity contribution in [1.82, 2.24) is 0 Å². The van der Waals surface area contributed by atoms with Crippen LogP contribution in [0.4, 0.5) is 0 Å². The van der Waals surface area contributed by atoms with Gasteiger partial charge in [-0.1, -0.05) is 124 Å². The van der Waals surface area contributed by atoms with Crippen molar-refractivity contribution >= 4 is 17.4 Å². The fraction of sp³-hybridized carbons (Fsp3) is 0.167. The molecule has 0 saturated heterocycles. The molecule has 0 aliphatic heterocycles. The zero-order chi connectivity index (χ0) is 25.4. The van der Waals surface area contributed by atoms with E-state index >= 15 is 0 Å². The first-order valence-corrected chi connectivity index (χ1v) is 13.8. The van der Waals surface area contributed by atoms with Crippen molar-refractivity contribution in [3.05, 3.63) is 126 Å². The molecule has 0 saturated carbocycles. The summed E-state index contributed by atoms with van der Waals surface area (Å²) in [5.41, 5.74) is 11.8. The Balaban J connectivity index is 1.65. The van der Waals surface area contributed by atoms with Crippen LogP contribution in [-0.4, -0.2) is 0 Å². The van der Waals surface area contributed by atoms with Crippen molar-refractivity contribution < 1.29 is 0 Å². The number of hydrogen-bond acceptors (Lipinski definition) is 1. The van der Waals surface area contributed by atoms with E-state index in [1.807, 2.05) is 17.4 Å². The van der Waals surface area contributed by atoms with Gasteiger partial charge >= 0.3 is 0 Å². The van der Waals surface area contributed by atoms with Gasteiger partial charge in [-0.25, -0.2) is 0 Å². The molecule has 0 unspecified atom stereocenters. The maximum absolute atomic E-state index is 3.39. The summed E-state index contributed by atoms with van der Waals surface area (Å²) in [6.07, 6.45) is 6.84. The van der Waals surface area contributed by atoms with Crippen molar-refractivity contribution in [3.63, 3.8) is 0 Å². The first kappa shape index (κ1) is 23.5. The summed E-state index contributed by atoms with van der Waals surface area (Å²) in [6.45, 7) is 6.96. The lowest BCUT2D eigenvalue weighted by atomic mass is 9.79. The van der Waals surface area contributed by atoms with E-state index in [0.717, 1.165) is 18.4 Å². The quantitative estimate of drug-likeness (QED) is 0.233. The molecule has 0 nitrogen and oxygen atoms in total. The van der Waals surface area contributed by atoms with E-state index in [2.05, 4.69) is 130 Å². The van der Waals surface area contributed by atoms with Crippen molar-refractivity contribution in [3.8, 4) is 43.1 Å². The highest BCUT2D eigenvalue weighted by Gasteiger charge is 2.28. The van der Waals surface area contributed by atoms with Gasteiger partial charge in [-0.05, 0) is 63.8 Å². The Morgan fingerprint density at radius 3 is 2.24 bits per heavy atom. The molecule has 0 atom stereocenters. The van der Waals surface area contributed by atoms with Crippen LogP contribution in [0.15, 0.2) is 97.1 Å². The van der Waals surface area contributed by atoms with Gasteiger partial charge in [-0.2, -0.15) is 0 Å². The Kier molecular flexibility index (Phi) is 6.07. The summed E-state index contributed by atoms with van der Waals surface area (Å²) >= 11 is 1.95.